The van der Waals surface area contributed by atoms with Crippen LogP contribution in [0.5, 0.6) is 0 Å². The van der Waals surface area contributed by atoms with Gasteiger partial charge < -0.3 is 5.11 Å². The molecule has 0 saturated carbocycles. The number of fused-ring (bicyclic) bond motifs is 1. The third-order valence-corrected chi connectivity index (χ3v) is 5.11. The van der Waals surface area contributed by atoms with E-state index >= 15 is 0 Å². The van der Waals surface area contributed by atoms with Crippen LogP contribution in [-0.2, 0) is 6.54 Å². The molecular weight excluding hydrogens is 310 g/mol. The van der Waals surface area contributed by atoms with Gasteiger partial charge >= 0.3 is 0 Å². The number of benzene rings is 2. The molecule has 4 rings (SSSR count). The SMILES string of the molecule is Cc1ncc(CN2CC[C@H](c3ccc4ccccc4c3)[C@@H](O)C2)cn1. The Morgan fingerprint density at radius 3 is 2.60 bits per heavy atom. The molecule has 2 heterocycles. The molecule has 2 atom stereocenters. The second kappa shape index (κ2) is 6.90. The molecule has 4 nitrogen and oxygen atoms in total. The Bertz CT molecular complexity index is 862. The highest BCUT2D eigenvalue weighted by atomic mass is 16.3. The summed E-state index contributed by atoms with van der Waals surface area (Å²) in [5.74, 6) is 0.994. The summed E-state index contributed by atoms with van der Waals surface area (Å²) in [4.78, 5) is 10.8. The maximum absolute atomic E-state index is 10.7. The molecule has 4 heteroatoms. The molecule has 1 fully saturated rings. The van der Waals surface area contributed by atoms with Crippen molar-refractivity contribution < 1.29 is 5.11 Å². The molecule has 3 aromatic rings. The molecule has 2 aromatic carbocycles. The van der Waals surface area contributed by atoms with E-state index in [-0.39, 0.29) is 12.0 Å². The van der Waals surface area contributed by atoms with Crippen LogP contribution >= 0.6 is 0 Å². The van der Waals surface area contributed by atoms with Crippen LogP contribution in [-0.4, -0.2) is 39.2 Å². The van der Waals surface area contributed by atoms with Crippen LogP contribution in [0.2, 0.25) is 0 Å². The van der Waals surface area contributed by atoms with Gasteiger partial charge in [-0.3, -0.25) is 4.90 Å². The lowest BCUT2D eigenvalue weighted by atomic mass is 9.86. The Balaban J connectivity index is 1.46. The number of aryl methyl sites for hydroxylation is 1. The van der Waals surface area contributed by atoms with Crippen molar-refractivity contribution in [3.63, 3.8) is 0 Å². The fourth-order valence-electron chi connectivity index (χ4n) is 3.73. The first kappa shape index (κ1) is 16.2. The van der Waals surface area contributed by atoms with Crippen molar-refractivity contribution >= 4 is 10.8 Å². The topological polar surface area (TPSA) is 49.2 Å². The molecule has 128 valence electrons. The smallest absolute Gasteiger partial charge is 0.125 e. The standard InChI is InChI=1S/C21H23N3O/c1-15-22-11-16(12-23-15)13-24-9-8-20(21(25)14-24)19-7-6-17-4-2-3-5-18(17)10-19/h2-7,10-12,20-21,25H,8-9,13-14H2,1H3/t20-,21+/m1/s1. The number of hydrogen-bond donors (Lipinski definition) is 1. The van der Waals surface area contributed by atoms with Gasteiger partial charge in [-0.15, -0.1) is 0 Å². The van der Waals surface area contributed by atoms with E-state index in [2.05, 4.69) is 57.3 Å². The van der Waals surface area contributed by atoms with Crippen LogP contribution in [0.4, 0.5) is 0 Å². The van der Waals surface area contributed by atoms with Gasteiger partial charge in [-0.2, -0.15) is 0 Å². The largest absolute Gasteiger partial charge is 0.391 e. The fraction of sp³-hybridized carbons (Fsp3) is 0.333. The molecule has 25 heavy (non-hydrogen) atoms. The van der Waals surface area contributed by atoms with Crippen LogP contribution in [0.3, 0.4) is 0 Å². The predicted octanol–water partition coefficient (Wildman–Crippen LogP) is 3.29. The summed E-state index contributed by atoms with van der Waals surface area (Å²) in [6, 6.07) is 14.9. The van der Waals surface area contributed by atoms with Crippen LogP contribution in [0, 0.1) is 6.92 Å². The van der Waals surface area contributed by atoms with Gasteiger partial charge in [-0.25, -0.2) is 9.97 Å². The van der Waals surface area contributed by atoms with Gasteiger partial charge in [0.05, 0.1) is 6.10 Å². The van der Waals surface area contributed by atoms with Gasteiger partial charge in [-0.1, -0.05) is 42.5 Å². The highest BCUT2D eigenvalue weighted by Gasteiger charge is 2.29. The summed E-state index contributed by atoms with van der Waals surface area (Å²) in [6.07, 6.45) is 4.38. The molecule has 0 unspecified atom stereocenters. The van der Waals surface area contributed by atoms with E-state index in [4.69, 9.17) is 0 Å². The average molecular weight is 333 g/mol. The van der Waals surface area contributed by atoms with E-state index in [0.29, 0.717) is 6.54 Å². The molecule has 1 aromatic heterocycles. The number of nitrogens with zero attached hydrogens (tertiary/aromatic N) is 3. The Hall–Kier alpha value is -2.30. The van der Waals surface area contributed by atoms with Crippen LogP contribution in [0.25, 0.3) is 10.8 Å². The minimum Gasteiger partial charge on any atom is -0.391 e. The van der Waals surface area contributed by atoms with Crippen molar-refractivity contribution in [1.29, 1.82) is 0 Å². The zero-order valence-electron chi connectivity index (χ0n) is 14.5. The Morgan fingerprint density at radius 2 is 1.84 bits per heavy atom. The summed E-state index contributed by atoms with van der Waals surface area (Å²) < 4.78 is 0. The first-order valence-electron chi connectivity index (χ1n) is 8.86. The predicted molar refractivity (Wildman–Crippen MR) is 99.4 cm³/mol. The number of hydrogen-bond acceptors (Lipinski definition) is 4. The zero-order valence-corrected chi connectivity index (χ0v) is 14.5. The lowest BCUT2D eigenvalue weighted by molar-refractivity contribution is 0.0476. The second-order valence-corrected chi connectivity index (χ2v) is 6.94. The van der Waals surface area contributed by atoms with Gasteiger partial charge in [0.15, 0.2) is 0 Å². The molecule has 1 saturated heterocycles. The summed E-state index contributed by atoms with van der Waals surface area (Å²) in [6.45, 7) is 4.35. The number of aliphatic hydroxyl groups excluding tert-OH is 1. The summed E-state index contributed by atoms with van der Waals surface area (Å²) in [5, 5.41) is 13.2. The molecule has 0 bridgehead atoms. The van der Waals surface area contributed by atoms with Gasteiger partial charge in [0, 0.05) is 37.0 Å². The Morgan fingerprint density at radius 1 is 1.08 bits per heavy atom. The van der Waals surface area contributed by atoms with Crippen molar-refractivity contribution in [3.8, 4) is 0 Å². The Labute approximate surface area is 148 Å². The number of β-amino-alcohol motifs (C(OH)–C–C–N with tert-alkyl or cyclic N) is 1. The number of aromatic nitrogens is 2. The quantitative estimate of drug-likeness (QED) is 0.799. The van der Waals surface area contributed by atoms with Crippen molar-refractivity contribution in [2.24, 2.45) is 0 Å². The summed E-state index contributed by atoms with van der Waals surface area (Å²) in [5.41, 5.74) is 2.34. The average Bonchev–Trinajstić information content (AvgIpc) is 2.63. The lowest BCUT2D eigenvalue weighted by Crippen LogP contribution is -2.42. The van der Waals surface area contributed by atoms with E-state index in [1.165, 1.54) is 16.3 Å². The normalized spacial score (nSPS) is 21.5. The fourth-order valence-corrected chi connectivity index (χ4v) is 3.73. The molecule has 1 N–H and O–H groups in total. The van der Waals surface area contributed by atoms with E-state index in [1.54, 1.807) is 0 Å². The van der Waals surface area contributed by atoms with Crippen molar-refractivity contribution in [1.82, 2.24) is 14.9 Å². The van der Waals surface area contributed by atoms with E-state index < -0.39 is 0 Å². The second-order valence-electron chi connectivity index (χ2n) is 6.94. The monoisotopic (exact) mass is 333 g/mol. The van der Waals surface area contributed by atoms with E-state index in [0.717, 1.165) is 30.9 Å². The molecule has 1 aliphatic heterocycles. The number of likely N-dealkylation sites (tertiary alicyclic amines) is 1. The number of aliphatic hydroxyl groups is 1. The van der Waals surface area contributed by atoms with Gasteiger partial charge in [0.1, 0.15) is 5.82 Å². The van der Waals surface area contributed by atoms with Crippen LogP contribution in [0.15, 0.2) is 54.9 Å². The maximum atomic E-state index is 10.7. The van der Waals surface area contributed by atoms with Gasteiger partial charge in [0.2, 0.25) is 0 Å². The molecule has 1 aliphatic rings. The minimum atomic E-state index is -0.346. The number of rotatable bonds is 3. The first-order chi connectivity index (χ1) is 12.2. The molecular formula is C21H23N3O. The molecule has 0 amide bonds. The molecule has 0 aliphatic carbocycles. The van der Waals surface area contributed by atoms with Crippen molar-refractivity contribution in [2.45, 2.75) is 31.9 Å². The maximum Gasteiger partial charge on any atom is 0.125 e. The summed E-state index contributed by atoms with van der Waals surface area (Å²) in [7, 11) is 0. The van der Waals surface area contributed by atoms with Gasteiger partial charge in [-0.05, 0) is 36.2 Å². The van der Waals surface area contributed by atoms with Crippen LogP contribution in [0.1, 0.15) is 29.3 Å². The number of piperidine rings is 1. The lowest BCUT2D eigenvalue weighted by Gasteiger charge is -2.36. The van der Waals surface area contributed by atoms with E-state index in [9.17, 15) is 5.11 Å². The Kier molecular flexibility index (Phi) is 4.47. The summed E-state index contributed by atoms with van der Waals surface area (Å²) >= 11 is 0. The molecule has 0 spiro atoms. The van der Waals surface area contributed by atoms with Gasteiger partial charge in [0.25, 0.3) is 0 Å². The first-order valence-corrected chi connectivity index (χ1v) is 8.86. The third-order valence-electron chi connectivity index (χ3n) is 5.11. The highest BCUT2D eigenvalue weighted by molar-refractivity contribution is 5.83. The zero-order chi connectivity index (χ0) is 17.2. The van der Waals surface area contributed by atoms with Crippen molar-refractivity contribution in [3.05, 3.63) is 71.8 Å². The minimum absolute atomic E-state index is 0.204. The third kappa shape index (κ3) is 3.55. The van der Waals surface area contributed by atoms with E-state index in [1.807, 2.05) is 19.3 Å². The molecule has 0 radical (unpaired) electrons. The van der Waals surface area contributed by atoms with Crippen LogP contribution < -0.4 is 0 Å². The van der Waals surface area contributed by atoms with Crippen molar-refractivity contribution in [2.75, 3.05) is 13.1 Å². The highest BCUT2D eigenvalue weighted by Crippen LogP contribution is 2.31.